The lowest BCUT2D eigenvalue weighted by Gasteiger charge is -2.31. The van der Waals surface area contributed by atoms with Crippen LogP contribution in [0.5, 0.6) is 0 Å². The molecule has 2 N–H and O–H groups in total. The Morgan fingerprint density at radius 1 is 1.29 bits per heavy atom. The van der Waals surface area contributed by atoms with Gasteiger partial charge in [-0.2, -0.15) is 0 Å². The van der Waals surface area contributed by atoms with E-state index in [1.807, 2.05) is 19.1 Å². The minimum absolute atomic E-state index is 0.0589. The molecule has 2 fully saturated rings. The number of aryl methyl sites for hydroxylation is 1. The maximum Gasteiger partial charge on any atom is 0.253 e. The quantitative estimate of drug-likeness (QED) is 0.633. The highest BCUT2D eigenvalue weighted by molar-refractivity contribution is 7.80. The van der Waals surface area contributed by atoms with E-state index in [0.717, 1.165) is 80.9 Å². The molecule has 0 spiro atoms. The zero-order chi connectivity index (χ0) is 21.6. The number of aromatic amines is 1. The fourth-order valence-corrected chi connectivity index (χ4v) is 4.38. The van der Waals surface area contributed by atoms with Crippen LogP contribution in [-0.2, 0) is 16.0 Å². The largest absolute Gasteiger partial charge is 0.379 e. The molecule has 1 aromatic carbocycles. The zero-order valence-electron chi connectivity index (χ0n) is 18.2. The Balaban J connectivity index is 1.47. The van der Waals surface area contributed by atoms with Gasteiger partial charge in [0.25, 0.3) is 5.56 Å². The van der Waals surface area contributed by atoms with Crippen LogP contribution in [0.4, 0.5) is 0 Å². The minimum atomic E-state index is -0.0589. The highest BCUT2D eigenvalue weighted by Gasteiger charge is 2.19. The van der Waals surface area contributed by atoms with Crippen molar-refractivity contribution < 1.29 is 9.47 Å². The average Bonchev–Trinajstić information content (AvgIpc) is 3.29. The van der Waals surface area contributed by atoms with E-state index in [9.17, 15) is 4.79 Å². The number of rotatable bonds is 7. The summed E-state index contributed by atoms with van der Waals surface area (Å²) in [5.74, 6) is 0. The molecule has 1 aromatic heterocycles. The summed E-state index contributed by atoms with van der Waals surface area (Å²) in [4.78, 5) is 20.3. The third kappa shape index (κ3) is 6.04. The molecule has 7 nitrogen and oxygen atoms in total. The SMILES string of the molecule is Cc1ccc2cc(CN(CCN3CCOCC3)C(=S)NC[C@@H]3CCCO3)c(=O)[nH]c2c1. The number of nitrogens with zero attached hydrogens (tertiary/aromatic N) is 2. The van der Waals surface area contributed by atoms with Gasteiger partial charge in [0.15, 0.2) is 5.11 Å². The Morgan fingerprint density at radius 2 is 2.13 bits per heavy atom. The molecule has 0 radical (unpaired) electrons. The average molecular weight is 445 g/mol. The second kappa shape index (κ2) is 10.5. The van der Waals surface area contributed by atoms with E-state index in [1.54, 1.807) is 0 Å². The Kier molecular flexibility index (Phi) is 7.55. The number of ether oxygens (including phenoxy) is 2. The first kappa shape index (κ1) is 22.2. The van der Waals surface area contributed by atoms with E-state index in [1.165, 1.54) is 0 Å². The highest BCUT2D eigenvalue weighted by atomic mass is 32.1. The summed E-state index contributed by atoms with van der Waals surface area (Å²) in [7, 11) is 0. The van der Waals surface area contributed by atoms with Gasteiger partial charge in [0.05, 0.1) is 25.9 Å². The second-order valence-electron chi connectivity index (χ2n) is 8.41. The van der Waals surface area contributed by atoms with E-state index in [0.29, 0.717) is 18.2 Å². The summed E-state index contributed by atoms with van der Waals surface area (Å²) < 4.78 is 11.2. The number of morpholine rings is 1. The lowest BCUT2D eigenvalue weighted by atomic mass is 10.1. The van der Waals surface area contributed by atoms with E-state index >= 15 is 0 Å². The summed E-state index contributed by atoms with van der Waals surface area (Å²) in [6.07, 6.45) is 2.38. The Morgan fingerprint density at radius 3 is 2.90 bits per heavy atom. The van der Waals surface area contributed by atoms with Crippen molar-refractivity contribution in [2.24, 2.45) is 0 Å². The first-order valence-electron chi connectivity index (χ1n) is 11.2. The zero-order valence-corrected chi connectivity index (χ0v) is 19.0. The van der Waals surface area contributed by atoms with E-state index in [-0.39, 0.29) is 11.7 Å². The molecule has 0 saturated carbocycles. The van der Waals surface area contributed by atoms with Gasteiger partial charge < -0.3 is 24.7 Å². The van der Waals surface area contributed by atoms with Gasteiger partial charge in [-0.25, -0.2) is 0 Å². The normalized spacial score (nSPS) is 19.6. The lowest BCUT2D eigenvalue weighted by molar-refractivity contribution is 0.0356. The second-order valence-corrected chi connectivity index (χ2v) is 8.80. The van der Waals surface area contributed by atoms with Crippen molar-refractivity contribution in [3.8, 4) is 0 Å². The van der Waals surface area contributed by atoms with Gasteiger partial charge in [-0.3, -0.25) is 9.69 Å². The molecule has 3 heterocycles. The molecule has 2 saturated heterocycles. The van der Waals surface area contributed by atoms with Crippen LogP contribution in [0.15, 0.2) is 29.1 Å². The van der Waals surface area contributed by atoms with Crippen LogP contribution in [0.2, 0.25) is 0 Å². The molecular formula is C23H32N4O3S. The maximum atomic E-state index is 12.8. The fourth-order valence-electron chi connectivity index (χ4n) is 4.14. The van der Waals surface area contributed by atoms with Gasteiger partial charge in [-0.1, -0.05) is 12.1 Å². The number of aromatic nitrogens is 1. The number of fused-ring (bicyclic) bond motifs is 1. The predicted octanol–water partition coefficient (Wildman–Crippen LogP) is 2.02. The summed E-state index contributed by atoms with van der Waals surface area (Å²) in [5, 5.41) is 5.08. The van der Waals surface area contributed by atoms with Crippen molar-refractivity contribution in [1.82, 2.24) is 20.1 Å². The summed E-state index contributed by atoms with van der Waals surface area (Å²) >= 11 is 5.74. The third-order valence-electron chi connectivity index (χ3n) is 6.02. The standard InChI is InChI=1S/C23H32N4O3S/c1-17-4-5-18-14-19(22(28)25-21(18)13-17)16-27(7-6-26-8-11-29-12-9-26)23(31)24-15-20-3-2-10-30-20/h4-5,13-14,20H,2-3,6-12,15-16H2,1H3,(H,24,31)(H,25,28)/t20-/m0/s1. The van der Waals surface area contributed by atoms with Crippen molar-refractivity contribution in [3.63, 3.8) is 0 Å². The van der Waals surface area contributed by atoms with Gasteiger partial charge in [-0.05, 0) is 55.1 Å². The van der Waals surface area contributed by atoms with Gasteiger partial charge >= 0.3 is 0 Å². The predicted molar refractivity (Wildman–Crippen MR) is 127 cm³/mol. The molecule has 2 aromatic rings. The van der Waals surface area contributed by atoms with Crippen LogP contribution >= 0.6 is 12.2 Å². The van der Waals surface area contributed by atoms with Crippen LogP contribution in [0.3, 0.4) is 0 Å². The first-order chi connectivity index (χ1) is 15.1. The van der Waals surface area contributed by atoms with E-state index < -0.39 is 0 Å². The number of hydrogen-bond donors (Lipinski definition) is 2. The Hall–Kier alpha value is -2.00. The van der Waals surface area contributed by atoms with E-state index in [4.69, 9.17) is 21.7 Å². The molecule has 168 valence electrons. The Labute approximate surface area is 188 Å². The summed E-state index contributed by atoms with van der Waals surface area (Å²) in [6.45, 7) is 9.07. The van der Waals surface area contributed by atoms with Gasteiger partial charge in [0.2, 0.25) is 0 Å². The molecule has 2 aliphatic rings. The van der Waals surface area contributed by atoms with E-state index in [2.05, 4.69) is 32.2 Å². The van der Waals surface area contributed by atoms with Crippen molar-refractivity contribution in [3.05, 3.63) is 45.7 Å². The van der Waals surface area contributed by atoms with Crippen molar-refractivity contribution >= 4 is 28.2 Å². The van der Waals surface area contributed by atoms with Crippen LogP contribution in [-0.4, -0.2) is 78.5 Å². The summed E-state index contributed by atoms with van der Waals surface area (Å²) in [5.41, 5.74) is 2.66. The minimum Gasteiger partial charge on any atom is -0.379 e. The van der Waals surface area contributed by atoms with Crippen LogP contribution < -0.4 is 10.9 Å². The number of benzene rings is 1. The monoisotopic (exact) mass is 444 g/mol. The topological polar surface area (TPSA) is 69.8 Å². The molecule has 8 heteroatoms. The van der Waals surface area contributed by atoms with Gasteiger partial charge in [0, 0.05) is 50.4 Å². The number of hydrogen-bond acceptors (Lipinski definition) is 5. The van der Waals surface area contributed by atoms with Crippen LogP contribution in [0, 0.1) is 6.92 Å². The highest BCUT2D eigenvalue weighted by Crippen LogP contribution is 2.15. The first-order valence-corrected chi connectivity index (χ1v) is 11.6. The molecule has 0 amide bonds. The molecule has 4 rings (SSSR count). The number of nitrogens with one attached hydrogen (secondary N) is 2. The Bertz CT molecular complexity index is 951. The lowest BCUT2D eigenvalue weighted by Crippen LogP contribution is -2.47. The molecule has 0 unspecified atom stereocenters. The molecule has 0 bridgehead atoms. The van der Waals surface area contributed by atoms with Gasteiger partial charge in [-0.15, -0.1) is 0 Å². The summed E-state index contributed by atoms with van der Waals surface area (Å²) in [6, 6.07) is 8.10. The third-order valence-corrected chi connectivity index (χ3v) is 6.42. The number of pyridine rings is 1. The van der Waals surface area contributed by atoms with Crippen LogP contribution in [0.1, 0.15) is 24.0 Å². The number of H-pyrrole nitrogens is 1. The molecule has 1 atom stereocenters. The maximum absolute atomic E-state index is 12.8. The van der Waals surface area contributed by atoms with Crippen molar-refractivity contribution in [2.75, 3.05) is 52.5 Å². The van der Waals surface area contributed by atoms with Crippen molar-refractivity contribution in [2.45, 2.75) is 32.4 Å². The molecule has 2 aliphatic heterocycles. The van der Waals surface area contributed by atoms with Crippen molar-refractivity contribution in [1.29, 1.82) is 0 Å². The van der Waals surface area contributed by atoms with Gasteiger partial charge in [0.1, 0.15) is 0 Å². The van der Waals surface area contributed by atoms with Crippen LogP contribution in [0.25, 0.3) is 10.9 Å². The smallest absolute Gasteiger partial charge is 0.253 e. The fraction of sp³-hybridized carbons (Fsp3) is 0.565. The molecule has 0 aliphatic carbocycles. The molecular weight excluding hydrogens is 412 g/mol. The molecule has 31 heavy (non-hydrogen) atoms. The number of thiocarbonyl (C=S) groups is 1.